The van der Waals surface area contributed by atoms with Crippen LogP contribution in [0.4, 0.5) is 0 Å². The fourth-order valence-corrected chi connectivity index (χ4v) is 4.18. The molecule has 1 N–H and O–H groups in total. The first-order chi connectivity index (χ1) is 12.7. The topological polar surface area (TPSA) is 58.2 Å². The Kier molecular flexibility index (Phi) is 5.27. The third-order valence-corrected chi connectivity index (χ3v) is 5.76. The van der Waals surface area contributed by atoms with E-state index in [4.69, 9.17) is 16.3 Å². The Morgan fingerprint density at radius 2 is 1.96 bits per heavy atom. The third kappa shape index (κ3) is 3.64. The van der Waals surface area contributed by atoms with Crippen molar-refractivity contribution in [3.63, 3.8) is 0 Å². The van der Waals surface area contributed by atoms with Crippen LogP contribution < -0.4 is 0 Å². The Morgan fingerprint density at radius 1 is 1.19 bits per heavy atom. The summed E-state index contributed by atoms with van der Waals surface area (Å²) in [5.74, 6) is 0.486. The van der Waals surface area contributed by atoms with Crippen LogP contribution in [0.1, 0.15) is 65.7 Å². The number of rotatable bonds is 3. The molecule has 1 unspecified atom stereocenters. The van der Waals surface area contributed by atoms with E-state index in [1.54, 1.807) is 6.20 Å². The maximum Gasteiger partial charge on any atom is 0.257 e. The molecule has 0 bridgehead atoms. The van der Waals surface area contributed by atoms with E-state index >= 15 is 0 Å². The number of H-pyrrole nitrogens is 1. The van der Waals surface area contributed by atoms with Crippen LogP contribution >= 0.6 is 11.6 Å². The van der Waals surface area contributed by atoms with E-state index in [1.807, 2.05) is 29.2 Å². The van der Waals surface area contributed by atoms with Gasteiger partial charge in [-0.25, -0.2) is 0 Å². The van der Waals surface area contributed by atoms with Crippen molar-refractivity contribution in [2.75, 3.05) is 19.7 Å². The first-order valence-electron chi connectivity index (χ1n) is 9.42. The monoisotopic (exact) mass is 373 g/mol. The summed E-state index contributed by atoms with van der Waals surface area (Å²) in [5.41, 5.74) is 2.80. The number of halogens is 1. The second kappa shape index (κ2) is 7.80. The number of nitrogens with one attached hydrogen (secondary N) is 1. The van der Waals surface area contributed by atoms with Gasteiger partial charge in [-0.3, -0.25) is 9.89 Å². The number of morpholine rings is 1. The van der Waals surface area contributed by atoms with Crippen molar-refractivity contribution >= 4 is 17.5 Å². The quantitative estimate of drug-likeness (QED) is 0.871. The van der Waals surface area contributed by atoms with Gasteiger partial charge in [-0.1, -0.05) is 43.0 Å². The van der Waals surface area contributed by atoms with Crippen LogP contribution in [0.5, 0.6) is 0 Å². The normalized spacial score (nSPS) is 21.7. The SMILES string of the molecule is O=C(c1cn[nH]c1C1CCCCC1)N1CCOC(c2ccc(Cl)cc2)C1. The van der Waals surface area contributed by atoms with Crippen LogP contribution in [-0.2, 0) is 4.74 Å². The average Bonchev–Trinajstić information content (AvgIpc) is 3.18. The van der Waals surface area contributed by atoms with E-state index in [0.29, 0.717) is 30.6 Å². The molecular formula is C20H24ClN3O2. The van der Waals surface area contributed by atoms with Gasteiger partial charge in [0, 0.05) is 17.5 Å². The predicted octanol–water partition coefficient (Wildman–Crippen LogP) is 4.32. The number of aromatic nitrogens is 2. The summed E-state index contributed by atoms with van der Waals surface area (Å²) < 4.78 is 5.89. The van der Waals surface area contributed by atoms with Crippen molar-refractivity contribution in [1.29, 1.82) is 0 Å². The second-order valence-electron chi connectivity index (χ2n) is 7.19. The highest BCUT2D eigenvalue weighted by molar-refractivity contribution is 6.30. The lowest BCUT2D eigenvalue weighted by molar-refractivity contribution is -0.0228. The molecule has 0 radical (unpaired) electrons. The predicted molar refractivity (Wildman–Crippen MR) is 100 cm³/mol. The first kappa shape index (κ1) is 17.6. The summed E-state index contributed by atoms with van der Waals surface area (Å²) in [6.07, 6.45) is 7.60. The van der Waals surface area contributed by atoms with Crippen LogP contribution in [0.25, 0.3) is 0 Å². The van der Waals surface area contributed by atoms with Crippen molar-refractivity contribution < 1.29 is 9.53 Å². The smallest absolute Gasteiger partial charge is 0.257 e. The summed E-state index contributed by atoms with van der Waals surface area (Å²) in [5, 5.41) is 7.98. The molecule has 1 atom stereocenters. The molecular weight excluding hydrogens is 350 g/mol. The molecule has 0 spiro atoms. The number of aromatic amines is 1. The fraction of sp³-hybridized carbons (Fsp3) is 0.500. The Labute approximate surface area is 158 Å². The van der Waals surface area contributed by atoms with E-state index < -0.39 is 0 Å². The lowest BCUT2D eigenvalue weighted by atomic mass is 9.85. The molecule has 1 amide bonds. The van der Waals surface area contributed by atoms with E-state index in [9.17, 15) is 4.79 Å². The minimum atomic E-state index is -0.116. The molecule has 2 heterocycles. The Hall–Kier alpha value is -1.85. The van der Waals surface area contributed by atoms with Gasteiger partial charge in [-0.05, 0) is 30.5 Å². The lowest BCUT2D eigenvalue weighted by Crippen LogP contribution is -2.42. The number of nitrogens with zero attached hydrogens (tertiary/aromatic N) is 2. The van der Waals surface area contributed by atoms with Crippen molar-refractivity contribution in [2.45, 2.75) is 44.1 Å². The molecule has 1 aliphatic carbocycles. The van der Waals surface area contributed by atoms with Gasteiger partial charge in [0.25, 0.3) is 5.91 Å². The Morgan fingerprint density at radius 3 is 2.73 bits per heavy atom. The van der Waals surface area contributed by atoms with Gasteiger partial charge in [-0.2, -0.15) is 5.10 Å². The fourth-order valence-electron chi connectivity index (χ4n) is 4.05. The van der Waals surface area contributed by atoms with Gasteiger partial charge < -0.3 is 9.64 Å². The molecule has 2 aromatic rings. The zero-order valence-corrected chi connectivity index (χ0v) is 15.5. The van der Waals surface area contributed by atoms with Gasteiger partial charge in [0.2, 0.25) is 0 Å². The zero-order chi connectivity index (χ0) is 17.9. The van der Waals surface area contributed by atoms with E-state index in [-0.39, 0.29) is 12.0 Å². The molecule has 138 valence electrons. The molecule has 1 saturated heterocycles. The molecule has 1 aliphatic heterocycles. The number of amides is 1. The highest BCUT2D eigenvalue weighted by Gasteiger charge is 2.30. The molecule has 2 fully saturated rings. The van der Waals surface area contributed by atoms with Crippen LogP contribution in [0.2, 0.25) is 5.02 Å². The number of hydrogen-bond acceptors (Lipinski definition) is 3. The summed E-state index contributed by atoms with van der Waals surface area (Å²) in [6, 6.07) is 7.65. The standard InChI is InChI=1S/C20H24ClN3O2/c21-16-8-6-14(7-9-16)18-13-24(10-11-26-18)20(25)17-12-22-23-19(17)15-4-2-1-3-5-15/h6-9,12,15,18H,1-5,10-11,13H2,(H,22,23). The minimum Gasteiger partial charge on any atom is -0.370 e. The maximum absolute atomic E-state index is 13.1. The van der Waals surface area contributed by atoms with E-state index in [2.05, 4.69) is 10.2 Å². The van der Waals surface area contributed by atoms with E-state index in [0.717, 1.165) is 29.7 Å². The van der Waals surface area contributed by atoms with Crippen molar-refractivity contribution in [1.82, 2.24) is 15.1 Å². The molecule has 6 heteroatoms. The van der Waals surface area contributed by atoms with Crippen molar-refractivity contribution in [3.8, 4) is 0 Å². The van der Waals surface area contributed by atoms with Gasteiger partial charge in [0.15, 0.2) is 0 Å². The number of hydrogen-bond donors (Lipinski definition) is 1. The Bertz CT molecular complexity index is 753. The summed E-state index contributed by atoms with van der Waals surface area (Å²) in [4.78, 5) is 15.0. The van der Waals surface area contributed by atoms with Crippen molar-refractivity contribution in [2.24, 2.45) is 0 Å². The van der Waals surface area contributed by atoms with Crippen LogP contribution in [-0.4, -0.2) is 40.7 Å². The first-order valence-corrected chi connectivity index (χ1v) is 9.80. The largest absolute Gasteiger partial charge is 0.370 e. The molecule has 4 rings (SSSR count). The van der Waals surface area contributed by atoms with Crippen LogP contribution in [0.15, 0.2) is 30.5 Å². The van der Waals surface area contributed by atoms with Gasteiger partial charge in [-0.15, -0.1) is 0 Å². The summed E-state index contributed by atoms with van der Waals surface area (Å²) in [7, 11) is 0. The van der Waals surface area contributed by atoms with Gasteiger partial charge in [0.05, 0.1) is 30.6 Å². The number of carbonyl (C=O) groups excluding carboxylic acids is 1. The van der Waals surface area contributed by atoms with Crippen molar-refractivity contribution in [3.05, 3.63) is 52.3 Å². The van der Waals surface area contributed by atoms with Crippen LogP contribution in [0.3, 0.4) is 0 Å². The molecule has 1 aromatic heterocycles. The Balaban J connectivity index is 1.49. The van der Waals surface area contributed by atoms with E-state index in [1.165, 1.54) is 19.3 Å². The molecule has 5 nitrogen and oxygen atoms in total. The number of carbonyl (C=O) groups is 1. The molecule has 2 aliphatic rings. The third-order valence-electron chi connectivity index (χ3n) is 5.51. The van der Waals surface area contributed by atoms with Gasteiger partial charge in [0.1, 0.15) is 6.10 Å². The maximum atomic E-state index is 13.1. The number of benzene rings is 1. The average molecular weight is 374 g/mol. The van der Waals surface area contributed by atoms with Crippen LogP contribution in [0, 0.1) is 0 Å². The number of ether oxygens (including phenoxy) is 1. The zero-order valence-electron chi connectivity index (χ0n) is 14.8. The highest BCUT2D eigenvalue weighted by atomic mass is 35.5. The van der Waals surface area contributed by atoms with Gasteiger partial charge >= 0.3 is 0 Å². The minimum absolute atomic E-state index is 0.0570. The second-order valence-corrected chi connectivity index (χ2v) is 7.63. The molecule has 1 saturated carbocycles. The summed E-state index contributed by atoms with van der Waals surface area (Å²) >= 11 is 5.97. The summed E-state index contributed by atoms with van der Waals surface area (Å²) in [6.45, 7) is 1.70. The highest BCUT2D eigenvalue weighted by Crippen LogP contribution is 2.34. The lowest BCUT2D eigenvalue weighted by Gasteiger charge is -2.33. The molecule has 1 aromatic carbocycles. The molecule has 26 heavy (non-hydrogen) atoms.